The van der Waals surface area contributed by atoms with Crippen LogP contribution in [0.1, 0.15) is 9.67 Å². The van der Waals surface area contributed by atoms with E-state index in [1.165, 1.54) is 11.3 Å². The molecule has 2 heterocycles. The van der Waals surface area contributed by atoms with Gasteiger partial charge in [0.15, 0.2) is 0 Å². The SMILES string of the molecule is CSc1c(N2CCSCC2)sc(C(N)=O)c1N. The van der Waals surface area contributed by atoms with Gasteiger partial charge in [0.05, 0.1) is 10.6 Å². The molecular formula is C10H15N3OS3. The van der Waals surface area contributed by atoms with E-state index in [9.17, 15) is 4.79 Å². The van der Waals surface area contributed by atoms with Crippen LogP contribution in [-0.2, 0) is 0 Å². The molecule has 1 amide bonds. The van der Waals surface area contributed by atoms with Gasteiger partial charge < -0.3 is 16.4 Å². The number of nitrogens with zero attached hydrogens (tertiary/aromatic N) is 1. The van der Waals surface area contributed by atoms with Crippen LogP contribution in [0.2, 0.25) is 0 Å². The molecule has 0 aromatic carbocycles. The zero-order valence-corrected chi connectivity index (χ0v) is 12.0. The van der Waals surface area contributed by atoms with Crippen LogP contribution in [0.5, 0.6) is 0 Å². The molecule has 2 rings (SSSR count). The first kappa shape index (κ1) is 12.9. The third kappa shape index (κ3) is 2.51. The highest BCUT2D eigenvalue weighted by molar-refractivity contribution is 7.99. The average Bonchev–Trinajstić information content (AvgIpc) is 2.67. The summed E-state index contributed by atoms with van der Waals surface area (Å²) in [6.45, 7) is 2.02. The minimum Gasteiger partial charge on any atom is -0.396 e. The van der Waals surface area contributed by atoms with Crippen LogP contribution in [0.25, 0.3) is 0 Å². The zero-order chi connectivity index (χ0) is 12.4. The number of nitrogen functional groups attached to an aromatic ring is 1. The van der Waals surface area contributed by atoms with Gasteiger partial charge in [-0.3, -0.25) is 4.79 Å². The molecule has 0 atom stereocenters. The molecule has 0 saturated carbocycles. The number of amides is 1. The van der Waals surface area contributed by atoms with Gasteiger partial charge in [-0.15, -0.1) is 23.1 Å². The van der Waals surface area contributed by atoms with E-state index in [-0.39, 0.29) is 0 Å². The molecule has 1 aliphatic heterocycles. The lowest BCUT2D eigenvalue weighted by atomic mass is 10.3. The van der Waals surface area contributed by atoms with Crippen molar-refractivity contribution >= 4 is 51.5 Å². The van der Waals surface area contributed by atoms with E-state index in [0.29, 0.717) is 10.6 Å². The highest BCUT2D eigenvalue weighted by Crippen LogP contribution is 2.44. The van der Waals surface area contributed by atoms with Crippen LogP contribution in [0, 0.1) is 0 Å². The van der Waals surface area contributed by atoms with Crippen LogP contribution in [0.4, 0.5) is 10.7 Å². The van der Waals surface area contributed by atoms with Gasteiger partial charge in [0.25, 0.3) is 5.91 Å². The molecule has 0 spiro atoms. The quantitative estimate of drug-likeness (QED) is 0.829. The molecule has 17 heavy (non-hydrogen) atoms. The van der Waals surface area contributed by atoms with Gasteiger partial charge in [-0.05, 0) is 6.26 Å². The van der Waals surface area contributed by atoms with Gasteiger partial charge in [-0.1, -0.05) is 0 Å². The Morgan fingerprint density at radius 3 is 2.59 bits per heavy atom. The van der Waals surface area contributed by atoms with Crippen molar-refractivity contribution < 1.29 is 4.79 Å². The van der Waals surface area contributed by atoms with E-state index in [4.69, 9.17) is 11.5 Å². The lowest BCUT2D eigenvalue weighted by molar-refractivity contribution is 0.100. The largest absolute Gasteiger partial charge is 0.396 e. The summed E-state index contributed by atoms with van der Waals surface area (Å²) in [5.74, 6) is 1.81. The topological polar surface area (TPSA) is 72.3 Å². The molecule has 0 aliphatic carbocycles. The van der Waals surface area contributed by atoms with Crippen molar-refractivity contribution in [3.63, 3.8) is 0 Å². The Bertz CT molecular complexity index is 427. The maximum absolute atomic E-state index is 11.3. The molecule has 0 radical (unpaired) electrons. The Hall–Kier alpha value is -0.530. The predicted molar refractivity (Wildman–Crippen MR) is 78.6 cm³/mol. The third-order valence-corrected chi connectivity index (χ3v) is 5.78. The van der Waals surface area contributed by atoms with Crippen LogP contribution in [0.3, 0.4) is 0 Å². The molecule has 1 aromatic rings. The summed E-state index contributed by atoms with van der Waals surface area (Å²) in [5, 5.41) is 1.10. The molecular weight excluding hydrogens is 274 g/mol. The Labute approximate surface area is 113 Å². The van der Waals surface area contributed by atoms with Crippen molar-refractivity contribution in [3.05, 3.63) is 4.88 Å². The van der Waals surface area contributed by atoms with Crippen molar-refractivity contribution in [2.24, 2.45) is 5.73 Å². The van der Waals surface area contributed by atoms with E-state index < -0.39 is 5.91 Å². The molecule has 1 saturated heterocycles. The third-order valence-electron chi connectivity index (χ3n) is 2.61. The molecule has 0 bridgehead atoms. The highest BCUT2D eigenvalue weighted by atomic mass is 32.2. The summed E-state index contributed by atoms with van der Waals surface area (Å²) < 4.78 is 0. The molecule has 7 heteroatoms. The number of anilines is 2. The molecule has 1 aliphatic rings. The summed E-state index contributed by atoms with van der Waals surface area (Å²) in [6.07, 6.45) is 1.98. The fourth-order valence-corrected chi connectivity index (χ4v) is 4.76. The molecule has 4 N–H and O–H groups in total. The molecule has 1 fully saturated rings. The van der Waals surface area contributed by atoms with E-state index in [1.54, 1.807) is 11.8 Å². The number of thiophene rings is 1. The molecule has 1 aromatic heterocycles. The maximum atomic E-state index is 11.3. The fraction of sp³-hybridized carbons (Fsp3) is 0.500. The van der Waals surface area contributed by atoms with Gasteiger partial charge >= 0.3 is 0 Å². The van der Waals surface area contributed by atoms with Crippen molar-refractivity contribution in [1.82, 2.24) is 0 Å². The van der Waals surface area contributed by atoms with Gasteiger partial charge in [0.2, 0.25) is 0 Å². The number of hydrogen-bond acceptors (Lipinski definition) is 6. The van der Waals surface area contributed by atoms with Gasteiger partial charge in [-0.2, -0.15) is 11.8 Å². The minimum atomic E-state index is -0.430. The van der Waals surface area contributed by atoms with Crippen molar-refractivity contribution in [2.75, 3.05) is 41.5 Å². The van der Waals surface area contributed by atoms with E-state index in [0.717, 1.165) is 34.5 Å². The second-order valence-electron chi connectivity index (χ2n) is 3.65. The van der Waals surface area contributed by atoms with Crippen LogP contribution in [0.15, 0.2) is 4.90 Å². The molecule has 94 valence electrons. The maximum Gasteiger partial charge on any atom is 0.261 e. The number of carbonyl (C=O) groups is 1. The number of hydrogen-bond donors (Lipinski definition) is 2. The van der Waals surface area contributed by atoms with Crippen molar-refractivity contribution in [3.8, 4) is 0 Å². The Kier molecular flexibility index (Phi) is 4.11. The number of thioether (sulfide) groups is 2. The van der Waals surface area contributed by atoms with Crippen LogP contribution in [-0.4, -0.2) is 36.8 Å². The number of rotatable bonds is 3. The molecule has 0 unspecified atom stereocenters. The second kappa shape index (κ2) is 5.41. The minimum absolute atomic E-state index is 0.430. The van der Waals surface area contributed by atoms with E-state index >= 15 is 0 Å². The van der Waals surface area contributed by atoms with Gasteiger partial charge in [0.1, 0.15) is 9.88 Å². The van der Waals surface area contributed by atoms with Crippen LogP contribution < -0.4 is 16.4 Å². The summed E-state index contributed by atoms with van der Waals surface area (Å²) in [7, 11) is 0. The molecule has 4 nitrogen and oxygen atoms in total. The summed E-state index contributed by atoms with van der Waals surface area (Å²) >= 11 is 4.96. The van der Waals surface area contributed by atoms with Gasteiger partial charge in [0, 0.05) is 24.6 Å². The normalized spacial score (nSPS) is 16.2. The summed E-state index contributed by atoms with van der Waals surface area (Å²) in [6, 6.07) is 0. The van der Waals surface area contributed by atoms with Crippen molar-refractivity contribution in [2.45, 2.75) is 4.90 Å². The number of carbonyl (C=O) groups excluding carboxylic acids is 1. The summed E-state index contributed by atoms with van der Waals surface area (Å²) in [4.78, 5) is 15.1. The zero-order valence-electron chi connectivity index (χ0n) is 9.56. The van der Waals surface area contributed by atoms with Crippen LogP contribution >= 0.6 is 34.9 Å². The van der Waals surface area contributed by atoms with Crippen molar-refractivity contribution in [1.29, 1.82) is 0 Å². The summed E-state index contributed by atoms with van der Waals surface area (Å²) in [5.41, 5.74) is 11.9. The van der Waals surface area contributed by atoms with E-state index in [1.807, 2.05) is 18.0 Å². The number of primary amides is 1. The Morgan fingerprint density at radius 2 is 2.06 bits per heavy atom. The first-order valence-corrected chi connectivity index (χ1v) is 8.43. The Morgan fingerprint density at radius 1 is 1.41 bits per heavy atom. The highest BCUT2D eigenvalue weighted by Gasteiger charge is 2.23. The second-order valence-corrected chi connectivity index (χ2v) is 6.69. The monoisotopic (exact) mass is 289 g/mol. The first-order chi connectivity index (χ1) is 8.15. The number of nitrogens with two attached hydrogens (primary N) is 2. The standard InChI is InChI=1S/C10H15N3OS3/c1-15-8-6(11)7(9(12)14)17-10(8)13-2-4-16-5-3-13/h2-5,11H2,1H3,(H2,12,14). The average molecular weight is 289 g/mol. The smallest absolute Gasteiger partial charge is 0.261 e. The fourth-order valence-electron chi connectivity index (χ4n) is 1.77. The lowest BCUT2D eigenvalue weighted by Gasteiger charge is -2.27. The predicted octanol–water partition coefficient (Wildman–Crippen LogP) is 1.70. The first-order valence-electron chi connectivity index (χ1n) is 5.24. The lowest BCUT2D eigenvalue weighted by Crippen LogP contribution is -2.32. The Balaban J connectivity index is 2.38. The van der Waals surface area contributed by atoms with E-state index in [2.05, 4.69) is 4.90 Å². The van der Waals surface area contributed by atoms with Gasteiger partial charge in [-0.25, -0.2) is 0 Å².